The summed E-state index contributed by atoms with van der Waals surface area (Å²) in [7, 11) is 0. The lowest BCUT2D eigenvalue weighted by atomic mass is 9.93. The molecule has 9 nitrogen and oxygen atoms in total. The van der Waals surface area contributed by atoms with E-state index in [1.54, 1.807) is 25.5 Å². The zero-order valence-electron chi connectivity index (χ0n) is 15.9. The van der Waals surface area contributed by atoms with Crippen LogP contribution < -0.4 is 15.5 Å². The van der Waals surface area contributed by atoms with Gasteiger partial charge < -0.3 is 24.7 Å². The van der Waals surface area contributed by atoms with Crippen molar-refractivity contribution in [3.8, 4) is 0 Å². The highest BCUT2D eigenvalue weighted by molar-refractivity contribution is 6.02. The van der Waals surface area contributed by atoms with E-state index in [0.29, 0.717) is 23.8 Å². The normalized spacial score (nSPS) is 18.1. The number of aromatic nitrogens is 4. The molecular weight excluding hydrogens is 377 g/mol. The second kappa shape index (κ2) is 6.75. The fraction of sp³-hybridized carbons (Fsp3) is 0.368. The maximum absolute atomic E-state index is 14.2. The van der Waals surface area contributed by atoms with Gasteiger partial charge in [-0.25, -0.2) is 19.3 Å². The number of ether oxygens (including phenoxy) is 1. The summed E-state index contributed by atoms with van der Waals surface area (Å²) in [5.41, 5.74) is 1.23. The molecule has 29 heavy (non-hydrogen) atoms. The Balaban J connectivity index is 1.26. The molecule has 3 aromatic rings. The van der Waals surface area contributed by atoms with Crippen LogP contribution in [0.3, 0.4) is 0 Å². The van der Waals surface area contributed by atoms with Crippen LogP contribution in [0, 0.1) is 12.7 Å². The van der Waals surface area contributed by atoms with E-state index in [2.05, 4.69) is 30.5 Å². The fourth-order valence-electron chi connectivity index (χ4n) is 3.77. The molecule has 2 N–H and O–H groups in total. The second-order valence-electron chi connectivity index (χ2n) is 7.47. The molecule has 5 rings (SSSR count). The highest BCUT2D eigenvalue weighted by Crippen LogP contribution is 2.29. The molecule has 0 bridgehead atoms. The van der Waals surface area contributed by atoms with Crippen molar-refractivity contribution in [1.82, 2.24) is 24.7 Å². The number of carbonyl (C=O) groups is 1. The Hall–Kier alpha value is -3.11. The van der Waals surface area contributed by atoms with E-state index in [1.165, 1.54) is 16.7 Å². The van der Waals surface area contributed by atoms with Crippen LogP contribution in [0.5, 0.6) is 0 Å². The van der Waals surface area contributed by atoms with E-state index in [-0.39, 0.29) is 16.9 Å². The van der Waals surface area contributed by atoms with Crippen molar-refractivity contribution in [2.24, 2.45) is 0 Å². The topological polar surface area (TPSA) is 96.7 Å². The average molecular weight is 397 g/mol. The fourth-order valence-corrected chi connectivity index (χ4v) is 3.77. The summed E-state index contributed by atoms with van der Waals surface area (Å²) in [4.78, 5) is 27.2. The molecule has 2 aliphatic heterocycles. The van der Waals surface area contributed by atoms with Gasteiger partial charge in [0.1, 0.15) is 17.1 Å². The van der Waals surface area contributed by atoms with Crippen molar-refractivity contribution >= 4 is 23.1 Å². The maximum atomic E-state index is 14.2. The Morgan fingerprint density at radius 3 is 2.90 bits per heavy atom. The van der Waals surface area contributed by atoms with Crippen molar-refractivity contribution in [2.45, 2.75) is 12.5 Å². The third-order valence-electron chi connectivity index (χ3n) is 5.17. The lowest BCUT2D eigenvalue weighted by molar-refractivity contribution is -0.0831. The van der Waals surface area contributed by atoms with Crippen molar-refractivity contribution in [1.29, 1.82) is 0 Å². The minimum absolute atomic E-state index is 0.148. The van der Waals surface area contributed by atoms with Gasteiger partial charge in [-0.1, -0.05) is 0 Å². The van der Waals surface area contributed by atoms with Gasteiger partial charge in [0.25, 0.3) is 5.91 Å². The summed E-state index contributed by atoms with van der Waals surface area (Å²) in [6.07, 6.45) is 6.29. The molecular formula is C19H20FN7O2. The molecule has 1 amide bonds. The second-order valence-corrected chi connectivity index (χ2v) is 7.47. The van der Waals surface area contributed by atoms with Gasteiger partial charge in [0.15, 0.2) is 11.5 Å². The number of fused-ring (bicyclic) bond motifs is 1. The third kappa shape index (κ3) is 3.30. The minimum atomic E-state index is -0.511. The van der Waals surface area contributed by atoms with Crippen molar-refractivity contribution in [2.75, 3.05) is 43.0 Å². The van der Waals surface area contributed by atoms with Crippen molar-refractivity contribution in [3.05, 3.63) is 48.1 Å². The summed E-state index contributed by atoms with van der Waals surface area (Å²) in [6.45, 7) is 5.67. The third-order valence-corrected chi connectivity index (χ3v) is 5.17. The van der Waals surface area contributed by atoms with Gasteiger partial charge >= 0.3 is 0 Å². The molecule has 10 heteroatoms. The Labute approximate surface area is 165 Å². The number of morpholine rings is 1. The first-order valence-corrected chi connectivity index (χ1v) is 9.39. The number of aryl methyl sites for hydroxylation is 1. The largest absolute Gasteiger partial charge is 0.369 e. The molecule has 2 fully saturated rings. The molecule has 0 aromatic carbocycles. The summed E-state index contributed by atoms with van der Waals surface area (Å²) in [6, 6.07) is 1.24. The number of hydrogen-bond acceptors (Lipinski definition) is 7. The van der Waals surface area contributed by atoms with Gasteiger partial charge in [0.05, 0.1) is 43.5 Å². The number of anilines is 2. The van der Waals surface area contributed by atoms with Gasteiger partial charge in [-0.2, -0.15) is 0 Å². The van der Waals surface area contributed by atoms with E-state index in [0.717, 1.165) is 26.2 Å². The van der Waals surface area contributed by atoms with Crippen LogP contribution in [0.4, 0.5) is 15.9 Å². The number of nitrogens with one attached hydrogen (secondary N) is 2. The Morgan fingerprint density at radius 2 is 2.17 bits per heavy atom. The van der Waals surface area contributed by atoms with Gasteiger partial charge in [0, 0.05) is 31.5 Å². The molecule has 2 aliphatic rings. The lowest BCUT2D eigenvalue weighted by Gasteiger charge is -2.51. The minimum Gasteiger partial charge on any atom is -0.369 e. The number of imidazole rings is 1. The van der Waals surface area contributed by atoms with Crippen LogP contribution in [0.1, 0.15) is 16.2 Å². The van der Waals surface area contributed by atoms with Crippen LogP contribution in [-0.2, 0) is 4.74 Å². The number of hydrogen-bond donors (Lipinski definition) is 2. The highest BCUT2D eigenvalue weighted by atomic mass is 19.1. The Kier molecular flexibility index (Phi) is 4.18. The first-order valence-electron chi connectivity index (χ1n) is 9.39. The summed E-state index contributed by atoms with van der Waals surface area (Å²) < 4.78 is 21.6. The average Bonchev–Trinajstić information content (AvgIpc) is 3.07. The van der Waals surface area contributed by atoms with Crippen molar-refractivity contribution < 1.29 is 13.9 Å². The van der Waals surface area contributed by atoms with E-state index in [1.807, 2.05) is 0 Å². The number of nitrogens with zero attached hydrogens (tertiary/aromatic N) is 5. The molecule has 0 atom stereocenters. The van der Waals surface area contributed by atoms with Gasteiger partial charge in [-0.15, -0.1) is 0 Å². The standard InChI is InChI=1S/C19H20FN7O2/c1-12-7-26-8-13(4-14(20)17(26)24-12)25-18(28)15-5-23-16(6-22-15)27-10-19(11-27)9-21-2-3-29-19/h4-8,21H,2-3,9-11H2,1H3,(H,25,28). The van der Waals surface area contributed by atoms with Crippen LogP contribution in [-0.4, -0.2) is 63.6 Å². The zero-order valence-corrected chi connectivity index (χ0v) is 15.9. The lowest BCUT2D eigenvalue weighted by Crippen LogP contribution is -2.70. The SMILES string of the molecule is Cc1cn2cc(NC(=O)c3cnc(N4CC5(CNCCO5)C4)cn3)cc(F)c2n1. The molecule has 2 saturated heterocycles. The van der Waals surface area contributed by atoms with Crippen LogP contribution >= 0.6 is 0 Å². The van der Waals surface area contributed by atoms with Gasteiger partial charge in [-0.05, 0) is 6.92 Å². The Bertz CT molecular complexity index is 1070. The van der Waals surface area contributed by atoms with E-state index in [4.69, 9.17) is 4.74 Å². The summed E-state index contributed by atoms with van der Waals surface area (Å²) >= 11 is 0. The zero-order chi connectivity index (χ0) is 20.0. The number of halogens is 1. The summed E-state index contributed by atoms with van der Waals surface area (Å²) in [5.74, 6) is -0.272. The highest BCUT2D eigenvalue weighted by Gasteiger charge is 2.45. The van der Waals surface area contributed by atoms with E-state index in [9.17, 15) is 9.18 Å². The van der Waals surface area contributed by atoms with Crippen molar-refractivity contribution in [3.63, 3.8) is 0 Å². The molecule has 5 heterocycles. The smallest absolute Gasteiger partial charge is 0.275 e. The molecule has 3 aromatic heterocycles. The molecule has 1 spiro atoms. The quantitative estimate of drug-likeness (QED) is 0.681. The molecule has 0 unspecified atom stereocenters. The Morgan fingerprint density at radius 1 is 1.31 bits per heavy atom. The number of rotatable bonds is 3. The predicted molar refractivity (Wildman–Crippen MR) is 104 cm³/mol. The van der Waals surface area contributed by atoms with E-state index >= 15 is 0 Å². The van der Waals surface area contributed by atoms with Gasteiger partial charge in [0.2, 0.25) is 0 Å². The first-order chi connectivity index (χ1) is 14.0. The number of amides is 1. The number of carbonyl (C=O) groups excluding carboxylic acids is 1. The van der Waals surface area contributed by atoms with Crippen LogP contribution in [0.2, 0.25) is 0 Å². The molecule has 150 valence electrons. The maximum Gasteiger partial charge on any atom is 0.275 e. The van der Waals surface area contributed by atoms with E-state index < -0.39 is 11.7 Å². The first kappa shape index (κ1) is 18.0. The summed E-state index contributed by atoms with van der Waals surface area (Å²) in [5, 5.41) is 5.99. The number of pyridine rings is 1. The molecule has 0 aliphatic carbocycles. The van der Waals surface area contributed by atoms with Gasteiger partial charge in [-0.3, -0.25) is 4.79 Å². The van der Waals surface area contributed by atoms with Crippen LogP contribution in [0.25, 0.3) is 5.65 Å². The predicted octanol–water partition coefficient (Wildman–Crippen LogP) is 1.00. The molecule has 0 saturated carbocycles. The monoisotopic (exact) mass is 397 g/mol. The molecule has 0 radical (unpaired) electrons. The van der Waals surface area contributed by atoms with Crippen LogP contribution in [0.15, 0.2) is 30.9 Å².